The molecule has 4 heterocycles. The van der Waals surface area contributed by atoms with Crippen LogP contribution in [0.2, 0.25) is 0 Å². The number of hydrogen-bond donors (Lipinski definition) is 1. The highest BCUT2D eigenvalue weighted by atomic mass is 32.1. The lowest BCUT2D eigenvalue weighted by Crippen LogP contribution is -2.62. The topological polar surface area (TPSA) is 44.3 Å². The van der Waals surface area contributed by atoms with E-state index in [0.29, 0.717) is 6.04 Å². The molecule has 0 spiro atoms. The second kappa shape index (κ2) is 4.43. The molecule has 5 rings (SSSR count). The number of rotatable bonds is 4. The van der Waals surface area contributed by atoms with Gasteiger partial charge in [-0.15, -0.1) is 10.2 Å². The molecule has 1 N–H and O–H groups in total. The smallest absolute Gasteiger partial charge is 0.205 e. The monoisotopic (exact) mass is 265 g/mol. The summed E-state index contributed by atoms with van der Waals surface area (Å²) >= 11 is 1.75. The van der Waals surface area contributed by atoms with Gasteiger partial charge in [0, 0.05) is 51.2 Å². The van der Waals surface area contributed by atoms with Crippen LogP contribution in [0.15, 0.2) is 0 Å². The van der Waals surface area contributed by atoms with Crippen molar-refractivity contribution in [3.05, 3.63) is 5.01 Å². The summed E-state index contributed by atoms with van der Waals surface area (Å²) in [6, 6.07) is 0.653. The molecule has 0 radical (unpaired) electrons. The molecule has 3 aliphatic heterocycles. The molecule has 5 nitrogen and oxygen atoms in total. The minimum atomic E-state index is 0.653. The first-order chi connectivity index (χ1) is 8.88. The first-order valence-electron chi connectivity index (χ1n) is 6.92. The zero-order valence-electron chi connectivity index (χ0n) is 10.5. The number of piperazine rings is 3. The highest BCUT2D eigenvalue weighted by Gasteiger charge is 2.32. The van der Waals surface area contributed by atoms with Gasteiger partial charge in [0.15, 0.2) is 0 Å². The van der Waals surface area contributed by atoms with Crippen molar-refractivity contribution in [3.8, 4) is 0 Å². The van der Waals surface area contributed by atoms with Gasteiger partial charge in [0.1, 0.15) is 5.01 Å². The van der Waals surface area contributed by atoms with Gasteiger partial charge in [-0.05, 0) is 12.8 Å². The molecule has 4 fully saturated rings. The van der Waals surface area contributed by atoms with Gasteiger partial charge in [-0.3, -0.25) is 9.80 Å². The molecule has 0 amide bonds. The Morgan fingerprint density at radius 1 is 1.17 bits per heavy atom. The Bertz CT molecular complexity index is 422. The Balaban J connectivity index is 1.34. The van der Waals surface area contributed by atoms with E-state index in [4.69, 9.17) is 0 Å². The third kappa shape index (κ3) is 2.13. The molecule has 1 atom stereocenters. The number of anilines is 1. The van der Waals surface area contributed by atoms with E-state index in [-0.39, 0.29) is 0 Å². The Kier molecular flexibility index (Phi) is 2.74. The fourth-order valence-electron chi connectivity index (χ4n) is 2.92. The molecule has 1 aromatic heterocycles. The normalized spacial score (nSPS) is 34.8. The highest BCUT2D eigenvalue weighted by molar-refractivity contribution is 7.15. The molecule has 1 aromatic rings. The van der Waals surface area contributed by atoms with Crippen molar-refractivity contribution in [2.45, 2.75) is 24.8 Å². The molecule has 1 unspecified atom stereocenters. The quantitative estimate of drug-likeness (QED) is 0.873. The minimum absolute atomic E-state index is 0.653. The number of fused-ring (bicyclic) bond motifs is 3. The highest BCUT2D eigenvalue weighted by Crippen LogP contribution is 2.42. The van der Waals surface area contributed by atoms with Crippen molar-refractivity contribution in [1.29, 1.82) is 0 Å². The lowest BCUT2D eigenvalue weighted by molar-refractivity contribution is 0.0189. The van der Waals surface area contributed by atoms with E-state index in [1.54, 1.807) is 11.3 Å². The lowest BCUT2D eigenvalue weighted by Gasteiger charge is -2.47. The first-order valence-corrected chi connectivity index (χ1v) is 7.74. The van der Waals surface area contributed by atoms with Gasteiger partial charge >= 0.3 is 0 Å². The van der Waals surface area contributed by atoms with E-state index in [9.17, 15) is 0 Å². The van der Waals surface area contributed by atoms with Gasteiger partial charge in [-0.25, -0.2) is 0 Å². The van der Waals surface area contributed by atoms with Crippen LogP contribution in [0, 0.1) is 0 Å². The molecule has 1 aliphatic carbocycles. The van der Waals surface area contributed by atoms with E-state index < -0.39 is 0 Å². The average molecular weight is 265 g/mol. The van der Waals surface area contributed by atoms with Crippen molar-refractivity contribution < 1.29 is 0 Å². The van der Waals surface area contributed by atoms with Crippen molar-refractivity contribution in [2.75, 3.05) is 44.6 Å². The number of nitrogens with one attached hydrogen (secondary N) is 1. The largest absolute Gasteiger partial charge is 0.358 e. The third-order valence-electron chi connectivity index (χ3n) is 4.25. The maximum Gasteiger partial charge on any atom is 0.205 e. The number of hydrogen-bond acceptors (Lipinski definition) is 6. The van der Waals surface area contributed by atoms with Crippen LogP contribution in [-0.4, -0.2) is 65.3 Å². The predicted octanol–water partition coefficient (Wildman–Crippen LogP) is 0.827. The lowest BCUT2D eigenvalue weighted by atomic mass is 10.1. The minimum Gasteiger partial charge on any atom is -0.358 e. The fraction of sp³-hybridized carbons (Fsp3) is 0.833. The molecular weight excluding hydrogens is 246 g/mol. The van der Waals surface area contributed by atoms with Gasteiger partial charge in [0.05, 0.1) is 0 Å². The van der Waals surface area contributed by atoms with Crippen LogP contribution in [0.1, 0.15) is 23.8 Å². The Morgan fingerprint density at radius 3 is 2.67 bits per heavy atom. The average Bonchev–Trinajstić information content (AvgIpc) is 3.17. The van der Waals surface area contributed by atoms with Crippen LogP contribution in [0.5, 0.6) is 0 Å². The predicted molar refractivity (Wildman–Crippen MR) is 72.2 cm³/mol. The Morgan fingerprint density at radius 2 is 2.00 bits per heavy atom. The molecular formula is C12H19N5S. The summed E-state index contributed by atoms with van der Waals surface area (Å²) < 4.78 is 0. The van der Waals surface area contributed by atoms with Crippen molar-refractivity contribution in [1.82, 2.24) is 20.0 Å². The summed E-state index contributed by atoms with van der Waals surface area (Å²) in [4.78, 5) is 5.18. The van der Waals surface area contributed by atoms with Crippen LogP contribution in [0.25, 0.3) is 0 Å². The van der Waals surface area contributed by atoms with E-state index in [1.807, 2.05) is 0 Å². The fourth-order valence-corrected chi connectivity index (χ4v) is 3.84. The number of aromatic nitrogens is 2. The van der Waals surface area contributed by atoms with Crippen LogP contribution >= 0.6 is 11.3 Å². The van der Waals surface area contributed by atoms with Crippen molar-refractivity contribution in [2.24, 2.45) is 0 Å². The summed E-state index contributed by atoms with van der Waals surface area (Å²) in [5.74, 6) is 0.721. The number of nitrogens with zero attached hydrogens (tertiary/aromatic N) is 4. The molecule has 2 bridgehead atoms. The standard InChI is InChI=1S/C12H19N5S/c1-2-9(1)11-14-15-12(18-11)13-7-10-8-16-3-5-17(10)6-4-16/h9-10H,1-8H2,(H,13,15). The maximum atomic E-state index is 4.27. The van der Waals surface area contributed by atoms with Gasteiger partial charge in [-0.1, -0.05) is 11.3 Å². The molecule has 1 saturated carbocycles. The van der Waals surface area contributed by atoms with Gasteiger partial charge in [0.2, 0.25) is 5.13 Å². The summed E-state index contributed by atoms with van der Waals surface area (Å²) in [6.45, 7) is 7.19. The van der Waals surface area contributed by atoms with E-state index in [2.05, 4.69) is 25.3 Å². The zero-order chi connectivity index (χ0) is 11.9. The maximum absolute atomic E-state index is 4.27. The third-order valence-corrected chi connectivity index (χ3v) is 5.29. The summed E-state index contributed by atoms with van der Waals surface area (Å²) in [7, 11) is 0. The SMILES string of the molecule is C1CC1c1nnc(NCC2CN3CCN2CC3)s1. The Labute approximate surface area is 111 Å². The van der Waals surface area contributed by atoms with Gasteiger partial charge in [-0.2, -0.15) is 0 Å². The summed E-state index contributed by atoms with van der Waals surface area (Å²) in [5, 5.41) is 14.2. The summed E-state index contributed by atoms with van der Waals surface area (Å²) in [6.07, 6.45) is 2.61. The van der Waals surface area contributed by atoms with Crippen molar-refractivity contribution in [3.63, 3.8) is 0 Å². The molecule has 18 heavy (non-hydrogen) atoms. The molecule has 0 aromatic carbocycles. The zero-order valence-corrected chi connectivity index (χ0v) is 11.3. The van der Waals surface area contributed by atoms with Crippen LogP contribution < -0.4 is 5.32 Å². The second-order valence-electron chi connectivity index (χ2n) is 5.59. The van der Waals surface area contributed by atoms with E-state index >= 15 is 0 Å². The van der Waals surface area contributed by atoms with E-state index in [0.717, 1.165) is 17.6 Å². The van der Waals surface area contributed by atoms with E-state index in [1.165, 1.54) is 50.6 Å². The van der Waals surface area contributed by atoms with Crippen LogP contribution in [-0.2, 0) is 0 Å². The van der Waals surface area contributed by atoms with Crippen LogP contribution in [0.3, 0.4) is 0 Å². The van der Waals surface area contributed by atoms with Crippen molar-refractivity contribution >= 4 is 16.5 Å². The summed E-state index contributed by atoms with van der Waals surface area (Å²) in [5.41, 5.74) is 0. The first kappa shape index (κ1) is 11.1. The second-order valence-corrected chi connectivity index (χ2v) is 6.60. The molecule has 3 saturated heterocycles. The molecule has 4 aliphatic rings. The van der Waals surface area contributed by atoms with Gasteiger partial charge < -0.3 is 5.32 Å². The van der Waals surface area contributed by atoms with Crippen LogP contribution in [0.4, 0.5) is 5.13 Å². The Hall–Kier alpha value is -0.720. The molecule has 98 valence electrons. The van der Waals surface area contributed by atoms with Gasteiger partial charge in [0.25, 0.3) is 0 Å². The molecule has 6 heteroatoms.